The highest BCUT2D eigenvalue weighted by Crippen LogP contribution is 2.23. The minimum absolute atomic E-state index is 0.272. The highest BCUT2D eigenvalue weighted by atomic mass is 15.4. The van der Waals surface area contributed by atoms with E-state index in [-0.39, 0.29) is 5.54 Å². The van der Waals surface area contributed by atoms with Crippen molar-refractivity contribution in [1.82, 2.24) is 15.1 Å². The van der Waals surface area contributed by atoms with Gasteiger partial charge >= 0.3 is 0 Å². The summed E-state index contributed by atoms with van der Waals surface area (Å²) in [4.78, 5) is 2.41. The van der Waals surface area contributed by atoms with E-state index in [1.54, 1.807) is 0 Å². The first-order chi connectivity index (χ1) is 8.23. The Kier molecular flexibility index (Phi) is 3.72. The predicted octanol–water partition coefficient (Wildman–Crippen LogP) is 1.87. The molecule has 1 fully saturated rings. The molecule has 4 nitrogen and oxygen atoms in total. The molecular formula is C13H24N4. The number of hydrogen-bond acceptors (Lipinski definition) is 3. The summed E-state index contributed by atoms with van der Waals surface area (Å²) in [5.41, 5.74) is 0.272. The van der Waals surface area contributed by atoms with Gasteiger partial charge in [-0.15, -0.1) is 0 Å². The molecule has 2 heterocycles. The molecule has 0 aromatic carbocycles. The number of hydrogen-bond donors (Lipinski definition) is 1. The Bertz CT molecular complexity index is 354. The third kappa shape index (κ3) is 2.46. The quantitative estimate of drug-likeness (QED) is 0.866. The van der Waals surface area contributed by atoms with E-state index in [9.17, 15) is 0 Å². The van der Waals surface area contributed by atoms with Crippen molar-refractivity contribution in [1.29, 1.82) is 0 Å². The van der Waals surface area contributed by atoms with E-state index in [2.05, 4.69) is 48.3 Å². The lowest BCUT2D eigenvalue weighted by molar-refractivity contribution is 0.276. The number of anilines is 1. The molecule has 2 rings (SSSR count). The van der Waals surface area contributed by atoms with Crippen molar-refractivity contribution >= 4 is 5.82 Å². The molecular weight excluding hydrogens is 212 g/mol. The predicted molar refractivity (Wildman–Crippen MR) is 71.4 cm³/mol. The zero-order valence-corrected chi connectivity index (χ0v) is 11.2. The summed E-state index contributed by atoms with van der Waals surface area (Å²) in [5.74, 6) is 1.12. The largest absolute Gasteiger partial charge is 0.352 e. The lowest BCUT2D eigenvalue weighted by atomic mass is 9.90. The van der Waals surface area contributed by atoms with Crippen LogP contribution < -0.4 is 10.2 Å². The molecule has 0 atom stereocenters. The number of aromatic nitrogens is 2. The van der Waals surface area contributed by atoms with E-state index >= 15 is 0 Å². The molecule has 0 bridgehead atoms. The average molecular weight is 236 g/mol. The monoisotopic (exact) mass is 236 g/mol. The van der Waals surface area contributed by atoms with Crippen LogP contribution in [-0.2, 0) is 6.54 Å². The zero-order valence-electron chi connectivity index (χ0n) is 11.2. The van der Waals surface area contributed by atoms with Gasteiger partial charge in [-0.1, -0.05) is 13.8 Å². The molecule has 96 valence electrons. The minimum atomic E-state index is 0.272. The molecule has 1 aromatic heterocycles. The third-order valence-corrected chi connectivity index (χ3v) is 4.00. The van der Waals surface area contributed by atoms with Gasteiger partial charge in [0.25, 0.3) is 0 Å². The number of rotatable bonds is 4. The van der Waals surface area contributed by atoms with Gasteiger partial charge in [-0.2, -0.15) is 5.10 Å². The minimum Gasteiger partial charge on any atom is -0.352 e. The van der Waals surface area contributed by atoms with Crippen LogP contribution in [0.15, 0.2) is 12.3 Å². The topological polar surface area (TPSA) is 33.1 Å². The number of nitrogens with zero attached hydrogens (tertiary/aromatic N) is 3. The number of nitrogens with one attached hydrogen (secondary N) is 1. The van der Waals surface area contributed by atoms with Gasteiger partial charge in [0.2, 0.25) is 0 Å². The SMILES string of the molecule is CCn1ccc(N2CCNC(CC)(CC)C2)n1. The second-order valence-electron chi connectivity index (χ2n) is 4.87. The van der Waals surface area contributed by atoms with Gasteiger partial charge in [-0.25, -0.2) is 0 Å². The summed E-state index contributed by atoms with van der Waals surface area (Å²) in [5, 5.41) is 8.28. The van der Waals surface area contributed by atoms with Crippen molar-refractivity contribution < 1.29 is 0 Å². The molecule has 1 saturated heterocycles. The second kappa shape index (κ2) is 5.08. The van der Waals surface area contributed by atoms with Crippen molar-refractivity contribution in [3.63, 3.8) is 0 Å². The van der Waals surface area contributed by atoms with Gasteiger partial charge < -0.3 is 10.2 Å². The van der Waals surface area contributed by atoms with Crippen molar-refractivity contribution in [2.45, 2.75) is 45.7 Å². The van der Waals surface area contributed by atoms with Crippen LogP contribution in [0.1, 0.15) is 33.6 Å². The molecule has 17 heavy (non-hydrogen) atoms. The van der Waals surface area contributed by atoms with Crippen molar-refractivity contribution in [2.24, 2.45) is 0 Å². The van der Waals surface area contributed by atoms with Crippen molar-refractivity contribution in [3.8, 4) is 0 Å². The lowest BCUT2D eigenvalue weighted by Crippen LogP contribution is -2.60. The highest BCUT2D eigenvalue weighted by molar-refractivity contribution is 5.38. The summed E-state index contributed by atoms with van der Waals surface area (Å²) in [6, 6.07) is 2.13. The van der Waals surface area contributed by atoms with E-state index in [1.165, 1.54) is 12.8 Å². The number of piperazine rings is 1. The summed E-state index contributed by atoms with van der Waals surface area (Å²) in [6.07, 6.45) is 4.42. The highest BCUT2D eigenvalue weighted by Gasteiger charge is 2.32. The number of aryl methyl sites for hydroxylation is 1. The van der Waals surface area contributed by atoms with E-state index < -0.39 is 0 Å². The first kappa shape index (κ1) is 12.4. The smallest absolute Gasteiger partial charge is 0.150 e. The zero-order chi connectivity index (χ0) is 12.3. The van der Waals surface area contributed by atoms with Gasteiger partial charge in [0.1, 0.15) is 0 Å². The van der Waals surface area contributed by atoms with Crippen LogP contribution >= 0.6 is 0 Å². The van der Waals surface area contributed by atoms with Gasteiger partial charge in [0, 0.05) is 44.0 Å². The Morgan fingerprint density at radius 2 is 2.12 bits per heavy atom. The molecule has 0 saturated carbocycles. The Labute approximate surface area is 104 Å². The molecule has 4 heteroatoms. The van der Waals surface area contributed by atoms with Crippen LogP contribution in [0.2, 0.25) is 0 Å². The maximum absolute atomic E-state index is 4.60. The van der Waals surface area contributed by atoms with Crippen molar-refractivity contribution in [2.75, 3.05) is 24.5 Å². The standard InChI is InChI=1S/C13H24N4/c1-4-13(5-2)11-16(10-8-14-13)12-7-9-17(6-3)15-12/h7,9,14H,4-6,8,10-11H2,1-3H3. The second-order valence-corrected chi connectivity index (χ2v) is 4.87. The molecule has 1 aliphatic heterocycles. The lowest BCUT2D eigenvalue weighted by Gasteiger charge is -2.43. The Balaban J connectivity index is 2.11. The summed E-state index contributed by atoms with van der Waals surface area (Å²) >= 11 is 0. The van der Waals surface area contributed by atoms with Crippen LogP contribution in [-0.4, -0.2) is 35.0 Å². The van der Waals surface area contributed by atoms with Gasteiger partial charge in [0.05, 0.1) is 0 Å². The summed E-state index contributed by atoms with van der Waals surface area (Å²) in [6.45, 7) is 10.8. The molecule has 1 aromatic rings. The third-order valence-electron chi connectivity index (χ3n) is 4.00. The van der Waals surface area contributed by atoms with E-state index in [1.807, 2.05) is 4.68 Å². The normalized spacial score (nSPS) is 19.6. The Morgan fingerprint density at radius 3 is 2.71 bits per heavy atom. The average Bonchev–Trinajstić information content (AvgIpc) is 2.87. The molecule has 0 amide bonds. The molecule has 1 N–H and O–H groups in total. The first-order valence-corrected chi connectivity index (χ1v) is 6.76. The fourth-order valence-electron chi connectivity index (χ4n) is 2.57. The Morgan fingerprint density at radius 1 is 1.35 bits per heavy atom. The van der Waals surface area contributed by atoms with E-state index in [4.69, 9.17) is 0 Å². The van der Waals surface area contributed by atoms with Crippen LogP contribution in [0.5, 0.6) is 0 Å². The molecule has 0 spiro atoms. The van der Waals surface area contributed by atoms with Crippen LogP contribution in [0.3, 0.4) is 0 Å². The Hall–Kier alpha value is -1.03. The molecule has 0 aliphatic carbocycles. The van der Waals surface area contributed by atoms with Crippen LogP contribution in [0.25, 0.3) is 0 Å². The molecule has 1 aliphatic rings. The fourth-order valence-corrected chi connectivity index (χ4v) is 2.57. The van der Waals surface area contributed by atoms with Crippen molar-refractivity contribution in [3.05, 3.63) is 12.3 Å². The van der Waals surface area contributed by atoms with Gasteiger partial charge in [-0.3, -0.25) is 4.68 Å². The maximum atomic E-state index is 4.60. The van der Waals surface area contributed by atoms with Crippen LogP contribution in [0, 0.1) is 0 Å². The maximum Gasteiger partial charge on any atom is 0.150 e. The fraction of sp³-hybridized carbons (Fsp3) is 0.769. The van der Waals surface area contributed by atoms with E-state index in [0.717, 1.165) is 32.0 Å². The van der Waals surface area contributed by atoms with Gasteiger partial charge in [-0.05, 0) is 19.8 Å². The summed E-state index contributed by atoms with van der Waals surface area (Å²) < 4.78 is 2.00. The molecule has 0 unspecified atom stereocenters. The van der Waals surface area contributed by atoms with Crippen LogP contribution in [0.4, 0.5) is 5.82 Å². The van der Waals surface area contributed by atoms with Gasteiger partial charge in [0.15, 0.2) is 5.82 Å². The first-order valence-electron chi connectivity index (χ1n) is 6.76. The van der Waals surface area contributed by atoms with E-state index in [0.29, 0.717) is 0 Å². The molecule has 0 radical (unpaired) electrons. The summed E-state index contributed by atoms with van der Waals surface area (Å²) in [7, 11) is 0.